The average Bonchev–Trinajstić information content (AvgIpc) is 2.60. The smallest absolute Gasteiger partial charge is 0.296 e. The zero-order chi connectivity index (χ0) is 18.3. The van der Waals surface area contributed by atoms with Crippen LogP contribution in [-0.4, -0.2) is 37.8 Å². The van der Waals surface area contributed by atoms with Gasteiger partial charge in [0.1, 0.15) is 10.6 Å². The van der Waals surface area contributed by atoms with E-state index in [-0.39, 0.29) is 10.6 Å². The minimum absolute atomic E-state index is 0.0694. The van der Waals surface area contributed by atoms with Gasteiger partial charge in [0.25, 0.3) is 10.1 Å². The monoisotopic (exact) mass is 401 g/mol. The molecule has 0 aliphatic rings. The second-order valence-corrected chi connectivity index (χ2v) is 7.17. The molecule has 0 aromatic heterocycles. The normalized spacial score (nSPS) is 11.8. The predicted octanol–water partition coefficient (Wildman–Crippen LogP) is 4.63. The van der Waals surface area contributed by atoms with Gasteiger partial charge in [0.05, 0.1) is 5.69 Å². The summed E-state index contributed by atoms with van der Waals surface area (Å²) < 4.78 is 31.9. The largest absolute Gasteiger partial charge is 0.369 e. The van der Waals surface area contributed by atoms with Crippen LogP contribution in [0.15, 0.2) is 63.7 Å². The van der Waals surface area contributed by atoms with Crippen molar-refractivity contribution in [2.45, 2.75) is 4.90 Å². The maximum atomic E-state index is 11.3. The summed E-state index contributed by atoms with van der Waals surface area (Å²) in [6.07, 6.45) is 0. The van der Waals surface area contributed by atoms with E-state index in [1.165, 1.54) is 18.2 Å². The fourth-order valence-electron chi connectivity index (χ4n) is 2.17. The van der Waals surface area contributed by atoms with E-state index in [1.54, 1.807) is 18.2 Å². The number of nitrogens with zero attached hydrogens (tertiary/aromatic N) is 3. The molecule has 0 aliphatic carbocycles. The van der Waals surface area contributed by atoms with E-state index in [2.05, 4.69) is 15.1 Å². The zero-order valence-electron chi connectivity index (χ0n) is 13.2. The van der Waals surface area contributed by atoms with E-state index in [4.69, 9.17) is 23.2 Å². The summed E-state index contributed by atoms with van der Waals surface area (Å²) in [5.41, 5.74) is 1.57. The lowest BCUT2D eigenvalue weighted by Gasteiger charge is -2.22. The summed E-state index contributed by atoms with van der Waals surface area (Å²) in [7, 11) is -4.35. The Balaban J connectivity index is 2.21. The van der Waals surface area contributed by atoms with Crippen LogP contribution >= 0.6 is 23.2 Å². The number of rotatable bonds is 8. The summed E-state index contributed by atoms with van der Waals surface area (Å²) in [4.78, 5) is 1.76. The van der Waals surface area contributed by atoms with Crippen LogP contribution in [0, 0.1) is 0 Å². The quantitative estimate of drug-likeness (QED) is 0.396. The number of azo groups is 1. The molecule has 0 amide bonds. The van der Waals surface area contributed by atoms with Crippen molar-refractivity contribution in [3.05, 3.63) is 48.5 Å². The van der Waals surface area contributed by atoms with E-state index >= 15 is 0 Å². The summed E-state index contributed by atoms with van der Waals surface area (Å²) >= 11 is 11.6. The third-order valence-corrected chi connectivity index (χ3v) is 4.58. The number of hydrogen-bond acceptors (Lipinski definition) is 5. The van der Waals surface area contributed by atoms with Crippen molar-refractivity contribution in [2.75, 3.05) is 29.7 Å². The molecular weight excluding hydrogens is 385 g/mol. The van der Waals surface area contributed by atoms with Gasteiger partial charge >= 0.3 is 0 Å². The number of halogens is 2. The van der Waals surface area contributed by atoms with Crippen LogP contribution in [0.4, 0.5) is 17.1 Å². The van der Waals surface area contributed by atoms with Gasteiger partial charge in [0.15, 0.2) is 0 Å². The Morgan fingerprint density at radius 2 is 1.52 bits per heavy atom. The third-order valence-electron chi connectivity index (χ3n) is 3.34. The van der Waals surface area contributed by atoms with Gasteiger partial charge in [-0.3, -0.25) is 4.55 Å². The summed E-state index contributed by atoms with van der Waals surface area (Å²) in [6, 6.07) is 13.1. The Kier molecular flexibility index (Phi) is 7.19. The van der Waals surface area contributed by atoms with Crippen molar-refractivity contribution in [1.29, 1.82) is 0 Å². The fraction of sp³-hybridized carbons (Fsp3) is 0.250. The third kappa shape index (κ3) is 5.67. The number of alkyl halides is 2. The molecule has 2 aromatic rings. The molecule has 0 unspecified atom stereocenters. The van der Waals surface area contributed by atoms with Crippen LogP contribution in [0.2, 0.25) is 0 Å². The highest BCUT2D eigenvalue weighted by Gasteiger charge is 2.14. The molecule has 2 rings (SSSR count). The molecule has 9 heteroatoms. The van der Waals surface area contributed by atoms with Crippen molar-refractivity contribution in [3.63, 3.8) is 0 Å². The van der Waals surface area contributed by atoms with E-state index in [0.29, 0.717) is 30.5 Å². The van der Waals surface area contributed by atoms with Crippen LogP contribution in [0.3, 0.4) is 0 Å². The van der Waals surface area contributed by atoms with Crippen molar-refractivity contribution in [2.24, 2.45) is 10.2 Å². The number of anilines is 1. The first kappa shape index (κ1) is 19.7. The van der Waals surface area contributed by atoms with E-state index in [1.807, 2.05) is 12.1 Å². The Morgan fingerprint density at radius 1 is 0.920 bits per heavy atom. The van der Waals surface area contributed by atoms with Crippen molar-refractivity contribution < 1.29 is 13.0 Å². The molecule has 134 valence electrons. The minimum Gasteiger partial charge on any atom is -0.369 e. The van der Waals surface area contributed by atoms with Crippen LogP contribution in [0.5, 0.6) is 0 Å². The molecule has 0 spiro atoms. The van der Waals surface area contributed by atoms with Crippen molar-refractivity contribution in [1.82, 2.24) is 0 Å². The second kappa shape index (κ2) is 9.15. The number of benzene rings is 2. The maximum Gasteiger partial charge on any atom is 0.296 e. The van der Waals surface area contributed by atoms with Crippen LogP contribution in [-0.2, 0) is 10.1 Å². The molecule has 6 nitrogen and oxygen atoms in total. The van der Waals surface area contributed by atoms with Crippen LogP contribution in [0.25, 0.3) is 0 Å². The standard InChI is InChI=1S/C16H17Cl2N3O3S/c17-9-11-21(12-10-18)14-7-5-13(6-8-14)19-20-15-3-1-2-4-16(15)25(22,23)24/h1-8H,9-12H2,(H,22,23,24). The molecule has 0 saturated heterocycles. The van der Waals surface area contributed by atoms with Gasteiger partial charge in [-0.2, -0.15) is 13.5 Å². The fourth-order valence-corrected chi connectivity index (χ4v) is 3.21. The van der Waals surface area contributed by atoms with Crippen LogP contribution in [0.1, 0.15) is 0 Å². The van der Waals surface area contributed by atoms with Gasteiger partial charge in [0, 0.05) is 30.5 Å². The molecule has 2 aromatic carbocycles. The molecule has 0 aliphatic heterocycles. The second-order valence-electron chi connectivity index (χ2n) is 5.02. The molecule has 0 heterocycles. The lowest BCUT2D eigenvalue weighted by Crippen LogP contribution is -2.27. The van der Waals surface area contributed by atoms with Gasteiger partial charge in [-0.1, -0.05) is 12.1 Å². The highest BCUT2D eigenvalue weighted by molar-refractivity contribution is 7.86. The molecular formula is C16H17Cl2N3O3S. The Hall–Kier alpha value is -1.67. The first-order valence-corrected chi connectivity index (χ1v) is 9.92. The van der Waals surface area contributed by atoms with Gasteiger partial charge < -0.3 is 4.90 Å². The highest BCUT2D eigenvalue weighted by atomic mass is 35.5. The Labute approximate surface area is 156 Å². The topological polar surface area (TPSA) is 82.3 Å². The lowest BCUT2D eigenvalue weighted by molar-refractivity contribution is 0.483. The Morgan fingerprint density at radius 3 is 2.08 bits per heavy atom. The van der Waals surface area contributed by atoms with E-state index in [9.17, 15) is 13.0 Å². The van der Waals surface area contributed by atoms with Crippen molar-refractivity contribution >= 4 is 50.4 Å². The van der Waals surface area contributed by atoms with E-state index in [0.717, 1.165) is 5.69 Å². The molecule has 0 fully saturated rings. The lowest BCUT2D eigenvalue weighted by atomic mass is 10.2. The van der Waals surface area contributed by atoms with Crippen LogP contribution < -0.4 is 4.90 Å². The van der Waals surface area contributed by atoms with Gasteiger partial charge in [-0.05, 0) is 36.4 Å². The van der Waals surface area contributed by atoms with E-state index < -0.39 is 10.1 Å². The first-order valence-electron chi connectivity index (χ1n) is 7.41. The summed E-state index contributed by atoms with van der Waals surface area (Å²) in [6.45, 7) is 1.35. The predicted molar refractivity (Wildman–Crippen MR) is 101 cm³/mol. The average molecular weight is 402 g/mol. The zero-order valence-corrected chi connectivity index (χ0v) is 15.5. The van der Waals surface area contributed by atoms with Gasteiger partial charge in [-0.15, -0.1) is 28.3 Å². The molecule has 0 saturated carbocycles. The maximum absolute atomic E-state index is 11.3. The highest BCUT2D eigenvalue weighted by Crippen LogP contribution is 2.26. The molecule has 0 radical (unpaired) electrons. The van der Waals surface area contributed by atoms with Crippen molar-refractivity contribution in [3.8, 4) is 0 Å². The summed E-state index contributed by atoms with van der Waals surface area (Å²) in [5, 5.41) is 7.94. The van der Waals surface area contributed by atoms with Gasteiger partial charge in [-0.25, -0.2) is 0 Å². The Bertz CT molecular complexity index is 821. The molecule has 0 bridgehead atoms. The molecule has 1 N–H and O–H groups in total. The summed E-state index contributed by atoms with van der Waals surface area (Å²) in [5.74, 6) is 0.982. The minimum atomic E-state index is -4.35. The number of hydrogen-bond donors (Lipinski definition) is 1. The SMILES string of the molecule is O=S(=O)(O)c1ccccc1N=Nc1ccc(N(CCCl)CCCl)cc1. The molecule has 25 heavy (non-hydrogen) atoms. The first-order chi connectivity index (χ1) is 12.0. The molecule has 0 atom stereocenters. The van der Waals surface area contributed by atoms with Gasteiger partial charge in [0.2, 0.25) is 0 Å².